The molecule has 0 saturated heterocycles. The van der Waals surface area contributed by atoms with Crippen LogP contribution in [0.25, 0.3) is 0 Å². The fourth-order valence-electron chi connectivity index (χ4n) is 3.88. The highest BCUT2D eigenvalue weighted by Gasteiger charge is 2.36. The molecule has 0 fully saturated rings. The molecule has 0 bridgehead atoms. The third-order valence-corrected chi connectivity index (χ3v) is 8.46. The van der Waals surface area contributed by atoms with Crippen molar-refractivity contribution in [3.63, 3.8) is 0 Å². The molecule has 41 heavy (non-hydrogen) atoms. The summed E-state index contributed by atoms with van der Waals surface area (Å²) in [6.45, 7) is 2.54. The predicted octanol–water partition coefficient (Wildman–Crippen LogP) is 6.29. The first-order valence-electron chi connectivity index (χ1n) is 11.6. The van der Waals surface area contributed by atoms with E-state index in [0.717, 1.165) is 6.92 Å². The normalized spacial score (nSPS) is 11.7. The van der Waals surface area contributed by atoms with Gasteiger partial charge in [0, 0.05) is 11.1 Å². The summed E-state index contributed by atoms with van der Waals surface area (Å²) in [5.41, 5.74) is 4.40. The van der Waals surface area contributed by atoms with Crippen LogP contribution in [-0.2, 0) is 20.2 Å². The highest BCUT2D eigenvalue weighted by Crippen LogP contribution is 2.44. The zero-order valence-electron chi connectivity index (χ0n) is 21.7. The number of nitrogens with two attached hydrogens (primary N) is 1. The highest BCUT2D eigenvalue weighted by molar-refractivity contribution is 7.87. The summed E-state index contributed by atoms with van der Waals surface area (Å²) in [6, 6.07) is 16.7. The van der Waals surface area contributed by atoms with E-state index in [4.69, 9.17) is 35.7 Å². The van der Waals surface area contributed by atoms with Crippen LogP contribution in [0.3, 0.4) is 0 Å². The molecule has 4 rings (SSSR count). The van der Waals surface area contributed by atoms with Gasteiger partial charge in [-0.1, -0.05) is 29.8 Å². The van der Waals surface area contributed by atoms with Gasteiger partial charge in [0.15, 0.2) is 22.2 Å². The summed E-state index contributed by atoms with van der Waals surface area (Å²) < 4.78 is 98.8. The molecule has 4 aromatic carbocycles. The van der Waals surface area contributed by atoms with Crippen LogP contribution in [-0.4, -0.2) is 28.5 Å². The molecule has 4 aromatic rings. The van der Waals surface area contributed by atoms with Crippen molar-refractivity contribution in [1.82, 2.24) is 0 Å². The zero-order chi connectivity index (χ0) is 30.1. The number of anilines is 1. The van der Waals surface area contributed by atoms with Crippen molar-refractivity contribution in [2.24, 2.45) is 0 Å². The van der Waals surface area contributed by atoms with Gasteiger partial charge in [0.1, 0.15) is 27.9 Å². The van der Waals surface area contributed by atoms with Gasteiger partial charge in [-0.2, -0.15) is 16.8 Å². The van der Waals surface area contributed by atoms with Crippen LogP contribution in [0.15, 0.2) is 76.5 Å². The average Bonchev–Trinajstić information content (AvgIpc) is 2.90. The van der Waals surface area contributed by atoms with Crippen LogP contribution < -0.4 is 24.1 Å². The minimum atomic E-state index is -5.20. The Bertz CT molecular complexity index is 1830. The lowest BCUT2D eigenvalue weighted by atomic mass is 10.2. The van der Waals surface area contributed by atoms with Gasteiger partial charge in [-0.25, -0.2) is 4.39 Å². The number of ether oxygens (including phenoxy) is 3. The number of hydrogen-bond acceptors (Lipinski definition) is 9. The van der Waals surface area contributed by atoms with Gasteiger partial charge < -0.3 is 24.1 Å². The van der Waals surface area contributed by atoms with E-state index in [1.807, 2.05) is 0 Å². The van der Waals surface area contributed by atoms with Crippen molar-refractivity contribution in [2.75, 3.05) is 12.8 Å². The molecule has 0 aliphatic heterocycles. The van der Waals surface area contributed by atoms with E-state index in [1.54, 1.807) is 30.3 Å². The SMILES string of the molecule is COc1ccc(Oc2c(C)c(S(=O)(=O)O)c(N)c(S(=O)(=O)Oc3ccc(Cl)c(Oc4ccccc4)c3C)c2F)cc1. The minimum Gasteiger partial charge on any atom is -0.497 e. The molecule has 0 spiro atoms. The third kappa shape index (κ3) is 6.17. The topological polar surface area (TPSA) is 151 Å². The van der Waals surface area contributed by atoms with E-state index in [9.17, 15) is 21.4 Å². The lowest BCUT2D eigenvalue weighted by Crippen LogP contribution is -2.19. The molecule has 0 amide bonds. The maximum atomic E-state index is 15.9. The molecule has 0 saturated carbocycles. The van der Waals surface area contributed by atoms with Crippen LogP contribution in [0.5, 0.6) is 34.5 Å². The Balaban J connectivity index is 1.84. The maximum absolute atomic E-state index is 15.9. The number of hydrogen-bond donors (Lipinski definition) is 2. The van der Waals surface area contributed by atoms with Crippen LogP contribution in [0, 0.1) is 19.7 Å². The fraction of sp³-hybridized carbons (Fsp3) is 0.111. The van der Waals surface area contributed by atoms with E-state index in [-0.39, 0.29) is 27.8 Å². The Morgan fingerprint density at radius 1 is 0.780 bits per heavy atom. The van der Waals surface area contributed by atoms with Crippen molar-refractivity contribution < 1.29 is 44.2 Å². The maximum Gasteiger partial charge on any atom is 0.344 e. The number of para-hydroxylation sites is 1. The van der Waals surface area contributed by atoms with Gasteiger partial charge in [-0.15, -0.1) is 0 Å². The van der Waals surface area contributed by atoms with E-state index in [1.165, 1.54) is 50.4 Å². The first kappa shape index (κ1) is 29.9. The molecule has 0 aromatic heterocycles. The zero-order valence-corrected chi connectivity index (χ0v) is 24.1. The molecule has 0 heterocycles. The molecule has 10 nitrogen and oxygen atoms in total. The molecular weight excluding hydrogens is 601 g/mol. The Morgan fingerprint density at radius 2 is 1.34 bits per heavy atom. The van der Waals surface area contributed by atoms with E-state index in [2.05, 4.69) is 0 Å². The molecule has 3 N–H and O–H groups in total. The monoisotopic (exact) mass is 623 g/mol. The third-order valence-electron chi connectivity index (χ3n) is 5.83. The van der Waals surface area contributed by atoms with Crippen molar-refractivity contribution in [3.8, 4) is 34.5 Å². The number of halogens is 2. The summed E-state index contributed by atoms with van der Waals surface area (Å²) in [5, 5.41) is 0.126. The van der Waals surface area contributed by atoms with Gasteiger partial charge in [0.2, 0.25) is 0 Å². The number of methoxy groups -OCH3 is 1. The fourth-order valence-corrected chi connectivity index (χ4v) is 6.23. The van der Waals surface area contributed by atoms with E-state index < -0.39 is 52.8 Å². The van der Waals surface area contributed by atoms with Crippen LogP contribution in [0.1, 0.15) is 11.1 Å². The van der Waals surface area contributed by atoms with Gasteiger partial charge in [0.05, 0.1) is 17.8 Å². The lowest BCUT2D eigenvalue weighted by molar-refractivity contribution is 0.407. The predicted molar refractivity (Wildman–Crippen MR) is 149 cm³/mol. The summed E-state index contributed by atoms with van der Waals surface area (Å²) in [4.78, 5) is -2.43. The average molecular weight is 624 g/mol. The Kier molecular flexibility index (Phi) is 8.36. The number of benzene rings is 4. The quantitative estimate of drug-likeness (QED) is 0.124. The second-order valence-corrected chi connectivity index (χ2v) is 11.8. The van der Waals surface area contributed by atoms with Crippen molar-refractivity contribution in [3.05, 3.63) is 88.7 Å². The van der Waals surface area contributed by atoms with E-state index in [0.29, 0.717) is 11.5 Å². The summed E-state index contributed by atoms with van der Waals surface area (Å²) in [6.07, 6.45) is 0. The number of rotatable bonds is 9. The Labute approximate surface area is 240 Å². The molecule has 14 heteroatoms. The highest BCUT2D eigenvalue weighted by atomic mass is 35.5. The second-order valence-electron chi connectivity index (χ2n) is 8.54. The standard InChI is InChI=1S/C27H23ClFNO9S2/c1-15-21(14-13-20(28)24(15)37-18-7-5-4-6-8-18)39-41(34,35)27-22(29)25(16(2)26(23(27)30)40(31,32)33)38-19-11-9-17(36-3)10-12-19/h4-14H,30H2,1-3H3,(H,31,32,33). The number of nitrogen functional groups attached to an aromatic ring is 1. The van der Waals surface area contributed by atoms with Crippen LogP contribution in [0.2, 0.25) is 5.02 Å². The van der Waals surface area contributed by atoms with Crippen molar-refractivity contribution >= 4 is 37.5 Å². The molecule has 0 atom stereocenters. The molecule has 0 aliphatic rings. The Hall–Kier alpha value is -4.04. The van der Waals surface area contributed by atoms with Crippen LogP contribution >= 0.6 is 11.6 Å². The minimum absolute atomic E-state index is 0.000580. The summed E-state index contributed by atoms with van der Waals surface area (Å²) >= 11 is 6.27. The van der Waals surface area contributed by atoms with Crippen molar-refractivity contribution in [1.29, 1.82) is 0 Å². The van der Waals surface area contributed by atoms with Gasteiger partial charge in [-0.3, -0.25) is 4.55 Å². The van der Waals surface area contributed by atoms with Gasteiger partial charge in [0.25, 0.3) is 10.1 Å². The second kappa shape index (κ2) is 11.4. The first-order valence-corrected chi connectivity index (χ1v) is 14.8. The molecule has 0 aliphatic carbocycles. The Morgan fingerprint density at radius 3 is 1.93 bits per heavy atom. The first-order chi connectivity index (χ1) is 19.2. The van der Waals surface area contributed by atoms with Gasteiger partial charge in [-0.05, 0) is 62.4 Å². The summed E-state index contributed by atoms with van der Waals surface area (Å²) in [7, 11) is -8.94. The summed E-state index contributed by atoms with van der Waals surface area (Å²) in [5.74, 6) is -1.79. The van der Waals surface area contributed by atoms with E-state index >= 15 is 4.39 Å². The molecular formula is C27H23ClFNO9S2. The molecule has 0 radical (unpaired) electrons. The van der Waals surface area contributed by atoms with Crippen molar-refractivity contribution in [2.45, 2.75) is 23.6 Å². The lowest BCUT2D eigenvalue weighted by Gasteiger charge is -2.19. The van der Waals surface area contributed by atoms with Crippen LogP contribution in [0.4, 0.5) is 10.1 Å². The van der Waals surface area contributed by atoms with Gasteiger partial charge >= 0.3 is 10.1 Å². The molecule has 216 valence electrons. The largest absolute Gasteiger partial charge is 0.497 e. The molecule has 0 unspecified atom stereocenters. The smallest absolute Gasteiger partial charge is 0.344 e.